The number of ether oxygens (including phenoxy) is 1. The number of ketones is 3. The first-order chi connectivity index (χ1) is 16.2. The highest BCUT2D eigenvalue weighted by Crippen LogP contribution is 2.51. The average Bonchev–Trinajstić information content (AvgIpc) is 2.75. The molecule has 6 N–H and O–H groups in total. The smallest absolute Gasteiger partial charge is 0.198 e. The summed E-state index contributed by atoms with van der Waals surface area (Å²) in [6, 6.07) is 2.60. The van der Waals surface area contributed by atoms with E-state index < -0.39 is 82.7 Å². The Hall–Kier alpha value is -2.73. The predicted molar refractivity (Wildman–Crippen MR) is 118 cm³/mol. The molecule has 0 radical (unpaired) electrons. The van der Waals surface area contributed by atoms with Gasteiger partial charge in [-0.25, -0.2) is 0 Å². The highest BCUT2D eigenvalue weighted by Gasteiger charge is 2.66. The molecule has 3 aliphatic carbocycles. The van der Waals surface area contributed by atoms with Gasteiger partial charge in [-0.1, -0.05) is 12.1 Å². The number of allylic oxidation sites excluding steroid dienone is 2. The summed E-state index contributed by atoms with van der Waals surface area (Å²) in [5.74, 6) is -3.30. The van der Waals surface area contributed by atoms with Gasteiger partial charge in [-0.3, -0.25) is 14.4 Å². The number of hydrogen-bond donors (Lipinski definition) is 6. The van der Waals surface area contributed by atoms with Crippen LogP contribution in [0.5, 0.6) is 5.75 Å². The molecule has 0 spiro atoms. The van der Waals surface area contributed by atoms with Crippen LogP contribution in [0.25, 0.3) is 0 Å². The fraction of sp³-hybridized carbons (Fsp3) is 0.480. The van der Waals surface area contributed by atoms with Crippen molar-refractivity contribution in [3.8, 4) is 5.75 Å². The van der Waals surface area contributed by atoms with Crippen molar-refractivity contribution in [2.45, 2.75) is 74.3 Å². The van der Waals surface area contributed by atoms with Crippen LogP contribution in [0, 0.1) is 0 Å². The van der Waals surface area contributed by atoms with Gasteiger partial charge in [-0.15, -0.1) is 0 Å². The second kappa shape index (κ2) is 7.39. The summed E-state index contributed by atoms with van der Waals surface area (Å²) in [6.07, 6.45) is -2.78. The Morgan fingerprint density at radius 3 is 2.40 bits per heavy atom. The Balaban J connectivity index is 1.62. The zero-order valence-electron chi connectivity index (χ0n) is 19.1. The van der Waals surface area contributed by atoms with Crippen molar-refractivity contribution in [2.24, 2.45) is 0 Å². The number of Topliss-reactive ketones (excluding diaryl/α,β-unsaturated/α-hetero) is 3. The third-order valence-corrected chi connectivity index (χ3v) is 7.59. The Kier molecular flexibility index (Phi) is 5.06. The van der Waals surface area contributed by atoms with E-state index >= 15 is 0 Å². The highest BCUT2D eigenvalue weighted by molar-refractivity contribution is 6.31. The lowest BCUT2D eigenvalue weighted by Crippen LogP contribution is -2.69. The molecule has 10 heteroatoms. The lowest BCUT2D eigenvalue weighted by molar-refractivity contribution is -0.183. The number of phenols is 1. The van der Waals surface area contributed by atoms with Gasteiger partial charge in [-0.05, 0) is 26.0 Å². The molecule has 1 saturated heterocycles. The van der Waals surface area contributed by atoms with Crippen LogP contribution in [0.3, 0.4) is 0 Å². The molecule has 186 valence electrons. The van der Waals surface area contributed by atoms with E-state index in [1.165, 1.54) is 19.1 Å². The number of hydrogen-bond acceptors (Lipinski definition) is 10. The Morgan fingerprint density at radius 2 is 1.74 bits per heavy atom. The maximum Gasteiger partial charge on any atom is 0.198 e. The maximum absolute atomic E-state index is 13.5. The van der Waals surface area contributed by atoms with Crippen molar-refractivity contribution in [3.05, 3.63) is 52.1 Å². The average molecular weight is 486 g/mol. The van der Waals surface area contributed by atoms with Gasteiger partial charge >= 0.3 is 0 Å². The fourth-order valence-corrected chi connectivity index (χ4v) is 5.82. The summed E-state index contributed by atoms with van der Waals surface area (Å²) in [7, 11) is 0. The molecule has 0 bridgehead atoms. The summed E-state index contributed by atoms with van der Waals surface area (Å²) in [5.41, 5.74) is -8.12. The van der Waals surface area contributed by atoms with Crippen LogP contribution in [0.15, 0.2) is 35.4 Å². The summed E-state index contributed by atoms with van der Waals surface area (Å²) < 4.78 is 5.70. The van der Waals surface area contributed by atoms with E-state index in [2.05, 4.69) is 0 Å². The molecule has 1 aromatic carbocycles. The zero-order valence-corrected chi connectivity index (χ0v) is 19.1. The molecule has 1 heterocycles. The van der Waals surface area contributed by atoms with Gasteiger partial charge in [0.2, 0.25) is 0 Å². The fourth-order valence-electron chi connectivity index (χ4n) is 5.82. The normalized spacial score (nSPS) is 40.9. The molecule has 1 aromatic rings. The topological polar surface area (TPSA) is 182 Å². The summed E-state index contributed by atoms with van der Waals surface area (Å²) >= 11 is 0. The molecule has 0 amide bonds. The van der Waals surface area contributed by atoms with Crippen LogP contribution >= 0.6 is 0 Å². The monoisotopic (exact) mass is 486 g/mol. The van der Waals surface area contributed by atoms with Gasteiger partial charge in [-0.2, -0.15) is 0 Å². The predicted octanol–water partition coefficient (Wildman–Crippen LogP) is -0.215. The minimum absolute atomic E-state index is 0.0605. The van der Waals surface area contributed by atoms with Crippen molar-refractivity contribution in [3.63, 3.8) is 0 Å². The molecule has 1 saturated carbocycles. The van der Waals surface area contributed by atoms with E-state index in [-0.39, 0.29) is 28.7 Å². The van der Waals surface area contributed by atoms with Gasteiger partial charge < -0.3 is 35.4 Å². The van der Waals surface area contributed by atoms with Crippen LogP contribution in [-0.4, -0.2) is 83.1 Å². The quantitative estimate of drug-likeness (QED) is 0.311. The lowest BCUT2D eigenvalue weighted by Gasteiger charge is -2.51. The van der Waals surface area contributed by atoms with Crippen LogP contribution in [0.2, 0.25) is 0 Å². The molecular formula is C25H26O10. The van der Waals surface area contributed by atoms with E-state index in [4.69, 9.17) is 4.74 Å². The Morgan fingerprint density at radius 1 is 1.06 bits per heavy atom. The van der Waals surface area contributed by atoms with Crippen LogP contribution in [0.1, 0.15) is 65.5 Å². The third-order valence-electron chi connectivity index (χ3n) is 7.59. The Bertz CT molecular complexity index is 1230. The minimum atomic E-state index is -2.75. The second-order valence-electron chi connectivity index (χ2n) is 10.2. The minimum Gasteiger partial charge on any atom is -0.507 e. The molecule has 4 aliphatic rings. The van der Waals surface area contributed by atoms with Crippen LogP contribution in [0.4, 0.5) is 0 Å². The van der Waals surface area contributed by atoms with Gasteiger partial charge in [0, 0.05) is 36.0 Å². The molecule has 2 fully saturated rings. The molecular weight excluding hydrogens is 460 g/mol. The van der Waals surface area contributed by atoms with Crippen molar-refractivity contribution in [1.29, 1.82) is 0 Å². The summed E-state index contributed by atoms with van der Waals surface area (Å²) in [6.45, 7) is 2.88. The molecule has 35 heavy (non-hydrogen) atoms. The highest BCUT2D eigenvalue weighted by atomic mass is 16.5. The van der Waals surface area contributed by atoms with E-state index in [1.807, 2.05) is 0 Å². The van der Waals surface area contributed by atoms with Crippen molar-refractivity contribution in [2.75, 3.05) is 0 Å². The zero-order chi connectivity index (χ0) is 25.7. The van der Waals surface area contributed by atoms with Gasteiger partial charge in [0.25, 0.3) is 0 Å². The van der Waals surface area contributed by atoms with E-state index in [9.17, 15) is 45.0 Å². The number of aromatic hydroxyl groups is 1. The first kappa shape index (κ1) is 24.0. The van der Waals surface area contributed by atoms with Crippen LogP contribution in [-0.2, 0) is 9.53 Å². The number of rotatable bonds is 1. The summed E-state index contributed by atoms with van der Waals surface area (Å²) in [5, 5.41) is 64.1. The number of carbonyl (C=O) groups excluding carboxylic acids is 3. The first-order valence-corrected chi connectivity index (χ1v) is 11.3. The molecule has 0 unspecified atom stereocenters. The second-order valence-corrected chi connectivity index (χ2v) is 10.2. The van der Waals surface area contributed by atoms with Crippen molar-refractivity contribution >= 4 is 17.3 Å². The van der Waals surface area contributed by atoms with E-state index in [1.54, 1.807) is 6.92 Å². The number of aliphatic hydroxyl groups is 5. The Labute approximate surface area is 199 Å². The maximum atomic E-state index is 13.5. The molecule has 7 atom stereocenters. The number of benzene rings is 1. The first-order valence-electron chi connectivity index (χ1n) is 11.3. The number of aliphatic hydroxyl groups excluding tert-OH is 2. The van der Waals surface area contributed by atoms with Gasteiger partial charge in [0.05, 0.1) is 35.0 Å². The molecule has 10 nitrogen and oxygen atoms in total. The van der Waals surface area contributed by atoms with Crippen molar-refractivity contribution in [1.82, 2.24) is 0 Å². The van der Waals surface area contributed by atoms with Crippen LogP contribution < -0.4 is 0 Å². The molecule has 1 aliphatic heterocycles. The van der Waals surface area contributed by atoms with Crippen molar-refractivity contribution < 1.29 is 49.8 Å². The number of carbonyl (C=O) groups is 3. The molecule has 0 aromatic heterocycles. The number of phenolic OH excluding ortho intramolecular Hbond substituents is 1. The number of fused-ring (bicyclic) bond motifs is 3. The summed E-state index contributed by atoms with van der Waals surface area (Å²) in [4.78, 5) is 40.0. The van der Waals surface area contributed by atoms with E-state index in [0.29, 0.717) is 0 Å². The largest absolute Gasteiger partial charge is 0.507 e. The van der Waals surface area contributed by atoms with Gasteiger partial charge in [0.1, 0.15) is 17.5 Å². The van der Waals surface area contributed by atoms with Gasteiger partial charge in [0.15, 0.2) is 23.0 Å². The molecule has 5 rings (SSSR count). The SMILES string of the molecule is C[C@@H]1O[C@@H](c2ccc3c(c2O)C(=O)C2=C(C3=O)[C@]3(O)C(=O)C[C@@](C)(O)C[C@]3(O)C=C2)C[C@@H](O)[C@@H]1O. The van der Waals surface area contributed by atoms with E-state index in [0.717, 1.165) is 12.2 Å². The standard InChI is InChI=1S/C25H26O10/c1-10-19(28)14(26)7-15(35-10)11-3-4-12-17(20(11)29)21(30)13-5-6-24(33)9-23(2,32)8-16(27)25(24,34)18(13)22(12)31/h3-6,10,14-15,19,26,28-29,32-34H,7-9H2,1-2H3/t10-,14+,15+,19+,23+,24+,25+/m0/s1. The lowest BCUT2D eigenvalue weighted by atomic mass is 9.57. The third kappa shape index (κ3) is 3.15.